The van der Waals surface area contributed by atoms with Gasteiger partial charge in [-0.15, -0.1) is 0 Å². The summed E-state index contributed by atoms with van der Waals surface area (Å²) in [6.45, 7) is 3.86. The van der Waals surface area contributed by atoms with Crippen LogP contribution in [0, 0.1) is 5.41 Å². The molecule has 2 atom stereocenters. The van der Waals surface area contributed by atoms with E-state index in [4.69, 9.17) is 5.11 Å². The first-order chi connectivity index (χ1) is 11.8. The van der Waals surface area contributed by atoms with E-state index in [-0.39, 0.29) is 17.2 Å². The van der Waals surface area contributed by atoms with E-state index in [1.54, 1.807) is 16.7 Å². The number of amides is 3. The summed E-state index contributed by atoms with van der Waals surface area (Å²) in [5.41, 5.74) is 0.0865. The molecule has 2 heterocycles. The molecule has 0 aromatic carbocycles. The average molecular weight is 353 g/mol. The van der Waals surface area contributed by atoms with Crippen LogP contribution in [-0.4, -0.2) is 87.7 Å². The summed E-state index contributed by atoms with van der Waals surface area (Å²) in [6.07, 6.45) is 2.44. The zero-order valence-corrected chi connectivity index (χ0v) is 14.7. The first-order valence-corrected chi connectivity index (χ1v) is 9.08. The second kappa shape index (κ2) is 6.82. The summed E-state index contributed by atoms with van der Waals surface area (Å²) in [5.74, 6) is -0.176. The minimum absolute atomic E-state index is 0.0271. The molecule has 25 heavy (non-hydrogen) atoms. The van der Waals surface area contributed by atoms with Crippen LogP contribution in [0.2, 0.25) is 0 Å². The molecule has 3 amide bonds. The summed E-state index contributed by atoms with van der Waals surface area (Å²) >= 11 is 0. The maximum absolute atomic E-state index is 12.3. The third-order valence-corrected chi connectivity index (χ3v) is 6.04. The van der Waals surface area contributed by atoms with E-state index in [2.05, 4.69) is 0 Å². The highest BCUT2D eigenvalue weighted by molar-refractivity contribution is 5.86. The van der Waals surface area contributed by atoms with Crippen LogP contribution in [0.4, 0.5) is 4.79 Å². The third-order valence-electron chi connectivity index (χ3n) is 6.04. The topological polar surface area (TPSA) is 101 Å². The maximum atomic E-state index is 12.3. The van der Waals surface area contributed by atoms with Gasteiger partial charge in [0, 0.05) is 39.1 Å². The largest absolute Gasteiger partial charge is 0.465 e. The second-order valence-corrected chi connectivity index (χ2v) is 7.55. The van der Waals surface area contributed by atoms with Crippen molar-refractivity contribution >= 4 is 17.9 Å². The van der Waals surface area contributed by atoms with Gasteiger partial charge in [0.1, 0.15) is 6.04 Å². The lowest BCUT2D eigenvalue weighted by molar-refractivity contribution is -0.141. The van der Waals surface area contributed by atoms with Crippen molar-refractivity contribution in [2.45, 2.75) is 51.2 Å². The Labute approximate surface area is 147 Å². The predicted octanol–water partition coefficient (Wildman–Crippen LogP) is 0.351. The van der Waals surface area contributed by atoms with Crippen molar-refractivity contribution in [3.8, 4) is 0 Å². The minimum atomic E-state index is -1.08. The van der Waals surface area contributed by atoms with Gasteiger partial charge < -0.3 is 20.0 Å². The molecule has 0 bridgehead atoms. The van der Waals surface area contributed by atoms with E-state index >= 15 is 0 Å². The van der Waals surface area contributed by atoms with E-state index in [1.807, 2.05) is 0 Å². The molecule has 2 saturated heterocycles. The summed E-state index contributed by atoms with van der Waals surface area (Å²) < 4.78 is 0. The molecule has 2 aliphatic heterocycles. The van der Waals surface area contributed by atoms with Gasteiger partial charge in [-0.25, -0.2) is 4.79 Å². The highest BCUT2D eigenvalue weighted by Gasteiger charge is 2.51. The monoisotopic (exact) mass is 353 g/mol. The molecule has 0 aromatic heterocycles. The lowest BCUT2D eigenvalue weighted by Crippen LogP contribution is -2.57. The Hall–Kier alpha value is -1.83. The number of likely N-dealkylation sites (tertiary alicyclic amines) is 1. The molecule has 1 spiro atoms. The van der Waals surface area contributed by atoms with Crippen LogP contribution in [0.1, 0.15) is 39.0 Å². The Morgan fingerprint density at radius 1 is 1.20 bits per heavy atom. The van der Waals surface area contributed by atoms with Crippen LogP contribution in [0.15, 0.2) is 0 Å². The Morgan fingerprint density at radius 3 is 2.52 bits per heavy atom. The Morgan fingerprint density at radius 2 is 1.92 bits per heavy atom. The lowest BCUT2D eigenvalue weighted by atomic mass is 9.90. The molecule has 1 saturated carbocycles. The first kappa shape index (κ1) is 18.0. The van der Waals surface area contributed by atoms with Crippen molar-refractivity contribution in [2.24, 2.45) is 5.41 Å². The van der Waals surface area contributed by atoms with Gasteiger partial charge in [-0.1, -0.05) is 0 Å². The van der Waals surface area contributed by atoms with E-state index < -0.39 is 18.2 Å². The van der Waals surface area contributed by atoms with Crippen molar-refractivity contribution in [3.05, 3.63) is 0 Å². The van der Waals surface area contributed by atoms with E-state index in [9.17, 15) is 19.5 Å². The number of piperazine rings is 1. The third kappa shape index (κ3) is 3.58. The number of piperidine rings is 1. The van der Waals surface area contributed by atoms with Crippen LogP contribution in [0.3, 0.4) is 0 Å². The second-order valence-electron chi connectivity index (χ2n) is 7.55. The van der Waals surface area contributed by atoms with Crippen molar-refractivity contribution in [2.75, 3.05) is 32.7 Å². The van der Waals surface area contributed by atoms with Gasteiger partial charge in [0.2, 0.25) is 11.8 Å². The Bertz CT molecular complexity index is 562. The van der Waals surface area contributed by atoms with Gasteiger partial charge in [0.25, 0.3) is 0 Å². The fraction of sp³-hybridized carbons (Fsp3) is 0.824. The molecule has 3 aliphatic rings. The molecule has 3 rings (SSSR count). The quantitative estimate of drug-likeness (QED) is 0.759. The number of carboxylic acid groups (broad SMARTS) is 1. The number of β-amino-alcohol motifs (C(OH)–C–C–N with tert-alkyl or cyclic N) is 1. The van der Waals surface area contributed by atoms with E-state index in [1.165, 1.54) is 0 Å². The molecular formula is C17H27N3O5. The summed E-state index contributed by atoms with van der Waals surface area (Å²) in [4.78, 5) is 40.1. The van der Waals surface area contributed by atoms with E-state index in [0.29, 0.717) is 45.6 Å². The molecule has 8 heteroatoms. The summed E-state index contributed by atoms with van der Waals surface area (Å²) in [5, 5.41) is 19.2. The normalized spacial score (nSPS) is 28.4. The van der Waals surface area contributed by atoms with Crippen molar-refractivity contribution in [1.29, 1.82) is 0 Å². The highest BCUT2D eigenvalue weighted by Crippen LogP contribution is 2.53. The van der Waals surface area contributed by atoms with Gasteiger partial charge in [-0.2, -0.15) is 0 Å². The SMILES string of the molecule is CC1C(=O)N(CCCC(=O)N2CCC3(CC3)C(O)C2)CCN1C(=O)O. The van der Waals surface area contributed by atoms with Crippen molar-refractivity contribution in [1.82, 2.24) is 14.7 Å². The van der Waals surface area contributed by atoms with Crippen LogP contribution >= 0.6 is 0 Å². The Kier molecular flexibility index (Phi) is 4.90. The van der Waals surface area contributed by atoms with Crippen LogP contribution in [0.25, 0.3) is 0 Å². The maximum Gasteiger partial charge on any atom is 0.408 e. The first-order valence-electron chi connectivity index (χ1n) is 9.08. The molecule has 0 radical (unpaired) electrons. The molecule has 3 fully saturated rings. The summed E-state index contributed by atoms with van der Waals surface area (Å²) in [7, 11) is 0. The molecule has 140 valence electrons. The predicted molar refractivity (Wildman–Crippen MR) is 88.9 cm³/mol. The smallest absolute Gasteiger partial charge is 0.408 e. The van der Waals surface area contributed by atoms with Gasteiger partial charge in [-0.05, 0) is 38.0 Å². The molecular weight excluding hydrogens is 326 g/mol. The lowest BCUT2D eigenvalue weighted by Gasteiger charge is -2.38. The average Bonchev–Trinajstić information content (AvgIpc) is 3.34. The number of carbonyl (C=O) groups is 3. The molecule has 1 aliphatic carbocycles. The van der Waals surface area contributed by atoms with Gasteiger partial charge >= 0.3 is 6.09 Å². The molecule has 2 unspecified atom stereocenters. The van der Waals surface area contributed by atoms with Gasteiger partial charge in [-0.3, -0.25) is 14.5 Å². The zero-order chi connectivity index (χ0) is 18.2. The molecule has 0 aromatic rings. The Balaban J connectivity index is 1.41. The van der Waals surface area contributed by atoms with Crippen LogP contribution in [-0.2, 0) is 9.59 Å². The number of nitrogens with zero attached hydrogens (tertiary/aromatic N) is 3. The number of hydrogen-bond donors (Lipinski definition) is 2. The number of hydrogen-bond acceptors (Lipinski definition) is 4. The van der Waals surface area contributed by atoms with Crippen LogP contribution < -0.4 is 0 Å². The number of aliphatic hydroxyl groups is 1. The van der Waals surface area contributed by atoms with Gasteiger partial charge in [0.15, 0.2) is 0 Å². The number of aliphatic hydroxyl groups excluding tert-OH is 1. The van der Waals surface area contributed by atoms with Crippen LogP contribution in [0.5, 0.6) is 0 Å². The van der Waals surface area contributed by atoms with Crippen molar-refractivity contribution < 1.29 is 24.6 Å². The summed E-state index contributed by atoms with van der Waals surface area (Å²) in [6, 6.07) is -0.672. The molecule has 2 N–H and O–H groups in total. The standard InChI is InChI=1S/C17H27N3O5/c1-12-15(23)18(9-10-20(12)16(24)25)7-2-3-14(22)19-8-6-17(4-5-17)13(21)11-19/h12-13,21H,2-11H2,1H3,(H,24,25). The van der Waals surface area contributed by atoms with E-state index in [0.717, 1.165) is 24.2 Å². The van der Waals surface area contributed by atoms with Gasteiger partial charge in [0.05, 0.1) is 6.10 Å². The number of carbonyl (C=O) groups excluding carboxylic acids is 2. The minimum Gasteiger partial charge on any atom is -0.465 e. The highest BCUT2D eigenvalue weighted by atomic mass is 16.4. The fourth-order valence-electron chi connectivity index (χ4n) is 3.98. The number of rotatable bonds is 4. The molecule has 8 nitrogen and oxygen atoms in total. The zero-order valence-electron chi connectivity index (χ0n) is 14.7. The fourth-order valence-corrected chi connectivity index (χ4v) is 3.98. The van der Waals surface area contributed by atoms with Crippen molar-refractivity contribution in [3.63, 3.8) is 0 Å².